The fraction of sp³-hybridized carbons (Fsp3) is 0.333. The van der Waals surface area contributed by atoms with E-state index in [9.17, 15) is 9.59 Å². The zero-order valence-electron chi connectivity index (χ0n) is 8.85. The molecule has 0 aromatic heterocycles. The Bertz CT molecular complexity index is 464. The molecule has 3 rings (SSSR count). The molecule has 0 aliphatic carbocycles. The zero-order chi connectivity index (χ0) is 11.1. The third kappa shape index (κ3) is 1.20. The van der Waals surface area contributed by atoms with Crippen molar-refractivity contribution in [2.75, 3.05) is 18.1 Å². The minimum atomic E-state index is -0.414. The number of ketones is 1. The number of amides is 1. The summed E-state index contributed by atoms with van der Waals surface area (Å²) in [6, 6.07) is 7.19. The second-order valence-electron chi connectivity index (χ2n) is 4.12. The van der Waals surface area contributed by atoms with Crippen LogP contribution in [0.3, 0.4) is 0 Å². The first-order valence-corrected chi connectivity index (χ1v) is 5.52. The first kappa shape index (κ1) is 9.54. The third-order valence-corrected chi connectivity index (χ3v) is 3.13. The molecule has 0 radical (unpaired) electrons. The van der Waals surface area contributed by atoms with Gasteiger partial charge in [-0.05, 0) is 25.0 Å². The molecular formula is C12H12N2O2. The monoisotopic (exact) mass is 216 g/mol. The number of hydrazine groups is 1. The van der Waals surface area contributed by atoms with Crippen LogP contribution in [0.2, 0.25) is 0 Å². The van der Waals surface area contributed by atoms with Crippen molar-refractivity contribution in [1.29, 1.82) is 0 Å². The van der Waals surface area contributed by atoms with Crippen LogP contribution in [0, 0.1) is 0 Å². The van der Waals surface area contributed by atoms with Crippen molar-refractivity contribution in [2.24, 2.45) is 0 Å². The number of nitrogens with zero attached hydrogens (tertiary/aromatic N) is 2. The first-order valence-electron chi connectivity index (χ1n) is 5.52. The van der Waals surface area contributed by atoms with Gasteiger partial charge < -0.3 is 0 Å². The van der Waals surface area contributed by atoms with E-state index in [0.29, 0.717) is 5.56 Å². The average Bonchev–Trinajstić information content (AvgIpc) is 2.89. The van der Waals surface area contributed by atoms with Gasteiger partial charge in [-0.25, -0.2) is 10.0 Å². The zero-order valence-corrected chi connectivity index (χ0v) is 8.85. The van der Waals surface area contributed by atoms with Gasteiger partial charge in [0.25, 0.3) is 5.78 Å². The Balaban J connectivity index is 2.06. The number of carbonyl (C=O) groups excluding carboxylic acids is 2. The van der Waals surface area contributed by atoms with Gasteiger partial charge >= 0.3 is 5.91 Å². The van der Waals surface area contributed by atoms with Crippen LogP contribution in [0.15, 0.2) is 24.3 Å². The quantitative estimate of drug-likeness (QED) is 0.663. The van der Waals surface area contributed by atoms with Crippen LogP contribution in [-0.4, -0.2) is 29.8 Å². The predicted octanol–water partition coefficient (Wildman–Crippen LogP) is 1.23. The molecule has 2 aliphatic rings. The standard InChI is InChI=1S/C12H12N2O2/c15-11-9-5-1-2-6-10(9)14(12(11)16)13-7-3-4-8-13/h1-2,5-6H,3-4,7-8H2. The SMILES string of the molecule is O=C1C(=O)N(N2CCCC2)c2ccccc21. The Morgan fingerprint density at radius 3 is 2.44 bits per heavy atom. The van der Waals surface area contributed by atoms with Gasteiger partial charge in [-0.15, -0.1) is 0 Å². The summed E-state index contributed by atoms with van der Waals surface area (Å²) < 4.78 is 0. The predicted molar refractivity (Wildman–Crippen MR) is 59.1 cm³/mol. The lowest BCUT2D eigenvalue weighted by molar-refractivity contribution is -0.116. The Morgan fingerprint density at radius 2 is 1.69 bits per heavy atom. The highest BCUT2D eigenvalue weighted by molar-refractivity contribution is 6.52. The number of carbonyl (C=O) groups is 2. The van der Waals surface area contributed by atoms with Gasteiger partial charge in [0.1, 0.15) is 0 Å². The number of para-hydroxylation sites is 1. The molecular weight excluding hydrogens is 204 g/mol. The minimum absolute atomic E-state index is 0.387. The van der Waals surface area contributed by atoms with Gasteiger partial charge in [-0.2, -0.15) is 0 Å². The smallest absolute Gasteiger partial charge is 0.283 e. The second-order valence-corrected chi connectivity index (χ2v) is 4.12. The van der Waals surface area contributed by atoms with Crippen LogP contribution in [0.1, 0.15) is 23.2 Å². The Kier molecular flexibility index (Phi) is 2.04. The van der Waals surface area contributed by atoms with E-state index < -0.39 is 5.91 Å². The second kappa shape index (κ2) is 3.42. The van der Waals surface area contributed by atoms with E-state index in [1.165, 1.54) is 0 Å². The lowest BCUT2D eigenvalue weighted by Crippen LogP contribution is -2.44. The van der Waals surface area contributed by atoms with Crippen LogP contribution >= 0.6 is 0 Å². The summed E-state index contributed by atoms with van der Waals surface area (Å²) in [7, 11) is 0. The van der Waals surface area contributed by atoms with Crippen molar-refractivity contribution < 1.29 is 9.59 Å². The van der Waals surface area contributed by atoms with E-state index >= 15 is 0 Å². The Hall–Kier alpha value is -1.68. The number of rotatable bonds is 1. The number of hydrogen-bond donors (Lipinski definition) is 0. The fourth-order valence-corrected chi connectivity index (χ4v) is 2.35. The molecule has 0 unspecified atom stereocenters. The molecule has 0 bridgehead atoms. The molecule has 1 saturated heterocycles. The molecule has 1 fully saturated rings. The Morgan fingerprint density at radius 1 is 1.00 bits per heavy atom. The van der Waals surface area contributed by atoms with Crippen LogP contribution in [-0.2, 0) is 4.79 Å². The Labute approximate surface area is 93.4 Å². The summed E-state index contributed by atoms with van der Waals surface area (Å²) >= 11 is 0. The molecule has 1 aromatic carbocycles. The maximum Gasteiger partial charge on any atom is 0.314 e. The van der Waals surface area contributed by atoms with E-state index in [-0.39, 0.29) is 5.78 Å². The molecule has 0 saturated carbocycles. The fourth-order valence-electron chi connectivity index (χ4n) is 2.35. The summed E-state index contributed by atoms with van der Waals surface area (Å²) in [5.41, 5.74) is 1.26. The molecule has 16 heavy (non-hydrogen) atoms. The highest BCUT2D eigenvalue weighted by Crippen LogP contribution is 2.31. The van der Waals surface area contributed by atoms with Crippen LogP contribution in [0.4, 0.5) is 5.69 Å². The maximum atomic E-state index is 11.9. The van der Waals surface area contributed by atoms with Gasteiger partial charge in [-0.1, -0.05) is 12.1 Å². The highest BCUT2D eigenvalue weighted by Gasteiger charge is 2.39. The normalized spacial score (nSPS) is 20.6. The summed E-state index contributed by atoms with van der Waals surface area (Å²) in [6.45, 7) is 1.71. The van der Waals surface area contributed by atoms with Gasteiger partial charge in [-0.3, -0.25) is 9.59 Å². The molecule has 2 heterocycles. The van der Waals surface area contributed by atoms with Crippen LogP contribution in [0.25, 0.3) is 0 Å². The number of anilines is 1. The molecule has 1 aromatic rings. The van der Waals surface area contributed by atoms with Crippen LogP contribution in [0.5, 0.6) is 0 Å². The molecule has 0 spiro atoms. The summed E-state index contributed by atoms with van der Waals surface area (Å²) in [6.07, 6.45) is 2.17. The number of fused-ring (bicyclic) bond motifs is 1. The lowest BCUT2D eigenvalue weighted by atomic mass is 10.1. The molecule has 82 valence electrons. The van der Waals surface area contributed by atoms with Crippen molar-refractivity contribution >= 4 is 17.4 Å². The number of hydrogen-bond acceptors (Lipinski definition) is 3. The van der Waals surface area contributed by atoms with Crippen molar-refractivity contribution in [3.63, 3.8) is 0 Å². The lowest BCUT2D eigenvalue weighted by Gasteiger charge is -2.26. The third-order valence-electron chi connectivity index (χ3n) is 3.13. The molecule has 2 aliphatic heterocycles. The molecule has 0 N–H and O–H groups in total. The summed E-state index contributed by atoms with van der Waals surface area (Å²) in [5.74, 6) is -0.800. The van der Waals surface area contributed by atoms with Crippen molar-refractivity contribution in [3.05, 3.63) is 29.8 Å². The van der Waals surface area contributed by atoms with Gasteiger partial charge in [0, 0.05) is 13.1 Å². The largest absolute Gasteiger partial charge is 0.314 e. The van der Waals surface area contributed by atoms with Crippen molar-refractivity contribution in [3.8, 4) is 0 Å². The topological polar surface area (TPSA) is 40.6 Å². The van der Waals surface area contributed by atoms with Crippen molar-refractivity contribution in [2.45, 2.75) is 12.8 Å². The van der Waals surface area contributed by atoms with E-state index in [4.69, 9.17) is 0 Å². The molecule has 4 nitrogen and oxygen atoms in total. The molecule has 1 amide bonds. The van der Waals surface area contributed by atoms with Crippen molar-refractivity contribution in [1.82, 2.24) is 5.01 Å². The van der Waals surface area contributed by atoms with E-state index in [0.717, 1.165) is 31.6 Å². The molecule has 4 heteroatoms. The van der Waals surface area contributed by atoms with E-state index in [2.05, 4.69) is 0 Å². The summed E-state index contributed by atoms with van der Waals surface area (Å²) in [4.78, 5) is 23.6. The average molecular weight is 216 g/mol. The number of Topliss-reactive ketones (excluding diaryl/α,β-unsaturated/α-hetero) is 1. The van der Waals surface area contributed by atoms with E-state index in [1.807, 2.05) is 17.1 Å². The summed E-state index contributed by atoms with van der Waals surface area (Å²) in [5, 5.41) is 3.51. The number of benzene rings is 1. The van der Waals surface area contributed by atoms with Gasteiger partial charge in [0.2, 0.25) is 0 Å². The molecule has 0 atom stereocenters. The minimum Gasteiger partial charge on any atom is -0.283 e. The highest BCUT2D eigenvalue weighted by atomic mass is 16.2. The van der Waals surface area contributed by atoms with Crippen LogP contribution < -0.4 is 5.01 Å². The maximum absolute atomic E-state index is 11.9. The van der Waals surface area contributed by atoms with Gasteiger partial charge in [0.15, 0.2) is 0 Å². The van der Waals surface area contributed by atoms with E-state index in [1.54, 1.807) is 17.1 Å². The van der Waals surface area contributed by atoms with Gasteiger partial charge in [0.05, 0.1) is 11.3 Å². The first-order chi connectivity index (χ1) is 7.79.